The van der Waals surface area contributed by atoms with Crippen LogP contribution in [-0.4, -0.2) is 51.8 Å². The molecule has 6 nitrogen and oxygen atoms in total. The van der Waals surface area contributed by atoms with Crippen LogP contribution in [0.4, 0.5) is 4.79 Å². The van der Waals surface area contributed by atoms with Crippen LogP contribution in [0.1, 0.15) is 17.2 Å². The SMILES string of the molecule is COc1ccc(C(CNC(=O)NCCOc2cccc(C)c2)N(C)C)cc1. The molecule has 2 aromatic carbocycles. The Balaban J connectivity index is 1.74. The Bertz CT molecular complexity index is 717. The zero-order chi connectivity index (χ0) is 19.6. The zero-order valence-electron chi connectivity index (χ0n) is 16.5. The molecule has 0 heterocycles. The minimum Gasteiger partial charge on any atom is -0.497 e. The number of carbonyl (C=O) groups is 1. The number of nitrogens with zero attached hydrogens (tertiary/aromatic N) is 1. The van der Waals surface area contributed by atoms with Crippen LogP contribution in [0, 0.1) is 6.92 Å². The largest absolute Gasteiger partial charge is 0.497 e. The number of benzene rings is 2. The highest BCUT2D eigenvalue weighted by Gasteiger charge is 2.15. The Morgan fingerprint density at radius 1 is 1.07 bits per heavy atom. The predicted molar refractivity (Wildman–Crippen MR) is 107 cm³/mol. The van der Waals surface area contributed by atoms with Gasteiger partial charge < -0.3 is 25.0 Å². The molecule has 0 spiro atoms. The normalized spacial score (nSPS) is 11.7. The predicted octanol–water partition coefficient (Wildman–Crippen LogP) is 2.98. The summed E-state index contributed by atoms with van der Waals surface area (Å²) in [5.74, 6) is 1.62. The highest BCUT2D eigenvalue weighted by Crippen LogP contribution is 2.20. The third kappa shape index (κ3) is 6.83. The van der Waals surface area contributed by atoms with E-state index in [1.807, 2.05) is 69.6 Å². The third-order valence-corrected chi connectivity index (χ3v) is 4.23. The lowest BCUT2D eigenvalue weighted by Gasteiger charge is -2.25. The van der Waals surface area contributed by atoms with Crippen LogP contribution in [0.5, 0.6) is 11.5 Å². The molecule has 0 aromatic heterocycles. The number of hydrogen-bond acceptors (Lipinski definition) is 4. The molecule has 0 fully saturated rings. The van der Waals surface area contributed by atoms with Gasteiger partial charge in [0.25, 0.3) is 0 Å². The van der Waals surface area contributed by atoms with Crippen LogP contribution in [0.25, 0.3) is 0 Å². The second kappa shape index (κ2) is 10.4. The quantitative estimate of drug-likeness (QED) is 0.665. The number of aryl methyl sites for hydroxylation is 1. The van der Waals surface area contributed by atoms with Crippen molar-refractivity contribution in [1.82, 2.24) is 15.5 Å². The van der Waals surface area contributed by atoms with Gasteiger partial charge in [-0.2, -0.15) is 0 Å². The second-order valence-electron chi connectivity index (χ2n) is 6.55. The van der Waals surface area contributed by atoms with E-state index in [-0.39, 0.29) is 12.1 Å². The minimum atomic E-state index is -0.205. The van der Waals surface area contributed by atoms with Gasteiger partial charge in [-0.3, -0.25) is 0 Å². The van der Waals surface area contributed by atoms with Gasteiger partial charge in [0.2, 0.25) is 0 Å². The number of rotatable bonds is 9. The molecule has 0 radical (unpaired) electrons. The van der Waals surface area contributed by atoms with E-state index in [4.69, 9.17) is 9.47 Å². The van der Waals surface area contributed by atoms with Crippen LogP contribution >= 0.6 is 0 Å². The van der Waals surface area contributed by atoms with Gasteiger partial charge in [-0.1, -0.05) is 24.3 Å². The molecule has 2 amide bonds. The molecule has 0 saturated carbocycles. The molecule has 2 aromatic rings. The lowest BCUT2D eigenvalue weighted by molar-refractivity contribution is 0.229. The van der Waals surface area contributed by atoms with E-state index in [1.54, 1.807) is 7.11 Å². The Morgan fingerprint density at radius 3 is 2.44 bits per heavy atom. The highest BCUT2D eigenvalue weighted by molar-refractivity contribution is 5.73. The van der Waals surface area contributed by atoms with Gasteiger partial charge in [0.15, 0.2) is 0 Å². The fourth-order valence-electron chi connectivity index (χ4n) is 2.72. The number of methoxy groups -OCH3 is 1. The Kier molecular flexibility index (Phi) is 7.95. The van der Waals surface area contributed by atoms with Crippen molar-refractivity contribution in [1.29, 1.82) is 0 Å². The van der Waals surface area contributed by atoms with Gasteiger partial charge >= 0.3 is 6.03 Å². The first kappa shape index (κ1) is 20.6. The van der Waals surface area contributed by atoms with Crippen LogP contribution in [0.3, 0.4) is 0 Å². The van der Waals surface area contributed by atoms with Crippen molar-refractivity contribution >= 4 is 6.03 Å². The van der Waals surface area contributed by atoms with Crippen molar-refractivity contribution < 1.29 is 14.3 Å². The number of urea groups is 1. The first-order chi connectivity index (χ1) is 13.0. The molecule has 27 heavy (non-hydrogen) atoms. The van der Waals surface area contributed by atoms with E-state index in [9.17, 15) is 4.79 Å². The topological polar surface area (TPSA) is 62.8 Å². The number of amides is 2. The number of ether oxygens (including phenoxy) is 2. The van der Waals surface area contributed by atoms with Crippen LogP contribution in [0.2, 0.25) is 0 Å². The standard InChI is InChI=1S/C21H29N3O3/c1-16-6-5-7-19(14-16)27-13-12-22-21(25)23-15-20(24(2)3)17-8-10-18(26-4)11-9-17/h5-11,14,20H,12-13,15H2,1-4H3,(H2,22,23,25). The molecule has 1 atom stereocenters. The molecular formula is C21H29N3O3. The molecule has 1 unspecified atom stereocenters. The zero-order valence-corrected chi connectivity index (χ0v) is 16.5. The van der Waals surface area contributed by atoms with Crippen LogP contribution in [0.15, 0.2) is 48.5 Å². The average molecular weight is 371 g/mol. The molecular weight excluding hydrogens is 342 g/mol. The van der Waals surface area contributed by atoms with Crippen molar-refractivity contribution in [3.63, 3.8) is 0 Å². The van der Waals surface area contributed by atoms with Crippen molar-refractivity contribution in [2.45, 2.75) is 13.0 Å². The first-order valence-electron chi connectivity index (χ1n) is 9.01. The summed E-state index contributed by atoms with van der Waals surface area (Å²) in [7, 11) is 5.63. The molecule has 2 rings (SSSR count). The van der Waals surface area contributed by atoms with Gasteiger partial charge in [-0.05, 0) is 56.4 Å². The molecule has 2 N–H and O–H groups in total. The fourth-order valence-corrected chi connectivity index (χ4v) is 2.72. The number of nitrogens with one attached hydrogen (secondary N) is 2. The van der Waals surface area contributed by atoms with Crippen molar-refractivity contribution in [3.8, 4) is 11.5 Å². The summed E-state index contributed by atoms with van der Waals surface area (Å²) in [6, 6.07) is 15.6. The molecule has 0 aliphatic rings. The number of carbonyl (C=O) groups excluding carboxylic acids is 1. The summed E-state index contributed by atoms with van der Waals surface area (Å²) in [4.78, 5) is 14.1. The highest BCUT2D eigenvalue weighted by atomic mass is 16.5. The van der Waals surface area contributed by atoms with Gasteiger partial charge in [-0.15, -0.1) is 0 Å². The number of likely N-dealkylation sites (N-methyl/N-ethyl adjacent to an activating group) is 1. The van der Waals surface area contributed by atoms with Crippen molar-refractivity contribution in [2.24, 2.45) is 0 Å². The summed E-state index contributed by atoms with van der Waals surface area (Å²) in [6.07, 6.45) is 0. The van der Waals surface area contributed by atoms with Gasteiger partial charge in [0.05, 0.1) is 19.7 Å². The molecule has 6 heteroatoms. The molecule has 0 bridgehead atoms. The van der Waals surface area contributed by atoms with Crippen molar-refractivity contribution in [3.05, 3.63) is 59.7 Å². The molecule has 146 valence electrons. The first-order valence-corrected chi connectivity index (χ1v) is 9.01. The Hall–Kier alpha value is -2.73. The lowest BCUT2D eigenvalue weighted by atomic mass is 10.1. The second-order valence-corrected chi connectivity index (χ2v) is 6.55. The summed E-state index contributed by atoms with van der Waals surface area (Å²) in [5, 5.41) is 5.74. The molecule has 0 saturated heterocycles. The lowest BCUT2D eigenvalue weighted by Crippen LogP contribution is -2.41. The van der Waals surface area contributed by atoms with E-state index in [2.05, 4.69) is 15.5 Å². The maximum Gasteiger partial charge on any atom is 0.314 e. The average Bonchev–Trinajstić information content (AvgIpc) is 2.66. The summed E-state index contributed by atoms with van der Waals surface area (Å²) < 4.78 is 10.8. The summed E-state index contributed by atoms with van der Waals surface area (Å²) in [6.45, 7) is 3.38. The van der Waals surface area contributed by atoms with E-state index < -0.39 is 0 Å². The Labute approximate surface area is 161 Å². The van der Waals surface area contributed by atoms with Gasteiger partial charge in [0.1, 0.15) is 18.1 Å². The van der Waals surface area contributed by atoms with E-state index >= 15 is 0 Å². The summed E-state index contributed by atoms with van der Waals surface area (Å²) >= 11 is 0. The van der Waals surface area contributed by atoms with Crippen LogP contribution in [-0.2, 0) is 0 Å². The van der Waals surface area contributed by atoms with E-state index in [0.29, 0.717) is 19.7 Å². The maximum absolute atomic E-state index is 12.1. The van der Waals surface area contributed by atoms with E-state index in [0.717, 1.165) is 22.6 Å². The number of hydrogen-bond donors (Lipinski definition) is 2. The van der Waals surface area contributed by atoms with Crippen molar-refractivity contribution in [2.75, 3.05) is 40.9 Å². The van der Waals surface area contributed by atoms with Gasteiger partial charge in [-0.25, -0.2) is 4.79 Å². The van der Waals surface area contributed by atoms with E-state index in [1.165, 1.54) is 0 Å². The van der Waals surface area contributed by atoms with Crippen LogP contribution < -0.4 is 20.1 Å². The fraction of sp³-hybridized carbons (Fsp3) is 0.381. The van der Waals surface area contributed by atoms with Gasteiger partial charge in [0, 0.05) is 6.54 Å². The Morgan fingerprint density at radius 2 is 1.81 bits per heavy atom. The molecule has 0 aliphatic carbocycles. The molecule has 0 aliphatic heterocycles. The third-order valence-electron chi connectivity index (χ3n) is 4.23. The minimum absolute atomic E-state index is 0.0743. The summed E-state index contributed by atoms with van der Waals surface area (Å²) in [5.41, 5.74) is 2.26. The monoisotopic (exact) mass is 371 g/mol. The smallest absolute Gasteiger partial charge is 0.314 e. The maximum atomic E-state index is 12.1.